The number of amides is 1. The molecule has 1 aromatic carbocycles. The molecule has 0 spiro atoms. The number of nitrogens with zero attached hydrogens (tertiary/aromatic N) is 3. The average molecular weight is 283 g/mol. The van der Waals surface area contributed by atoms with Crippen molar-refractivity contribution in [1.82, 2.24) is 14.9 Å². The van der Waals surface area contributed by atoms with Gasteiger partial charge in [0, 0.05) is 19.0 Å². The Kier molecular flexibility index (Phi) is 3.40. The molecule has 1 aromatic heterocycles. The van der Waals surface area contributed by atoms with E-state index in [0.717, 1.165) is 36.0 Å². The maximum Gasteiger partial charge on any atom is 0.231 e. The zero-order valence-corrected chi connectivity index (χ0v) is 13.1. The molecule has 0 saturated carbocycles. The number of rotatable bonds is 2. The van der Waals surface area contributed by atoms with Crippen LogP contribution < -0.4 is 0 Å². The van der Waals surface area contributed by atoms with E-state index in [4.69, 9.17) is 0 Å². The smallest absolute Gasteiger partial charge is 0.231 e. The largest absolute Gasteiger partial charge is 0.345 e. The summed E-state index contributed by atoms with van der Waals surface area (Å²) >= 11 is 0. The summed E-state index contributed by atoms with van der Waals surface area (Å²) in [6.07, 6.45) is 3.43. The first-order valence-electron chi connectivity index (χ1n) is 7.53. The maximum absolute atomic E-state index is 12.3. The highest BCUT2D eigenvalue weighted by Gasteiger charge is 2.33. The molecule has 1 unspecified atom stereocenters. The van der Waals surface area contributed by atoms with Crippen LogP contribution in [-0.4, -0.2) is 34.4 Å². The van der Waals surface area contributed by atoms with Gasteiger partial charge < -0.3 is 4.90 Å². The first-order chi connectivity index (χ1) is 10.0. The van der Waals surface area contributed by atoms with E-state index in [2.05, 4.69) is 36.8 Å². The molecule has 4 nitrogen and oxygen atoms in total. The van der Waals surface area contributed by atoms with Crippen molar-refractivity contribution in [3.63, 3.8) is 0 Å². The number of likely N-dealkylation sites (N-methyl/N-ethyl adjacent to an activating group) is 1. The third-order valence-corrected chi connectivity index (χ3v) is 4.77. The molecule has 1 aliphatic rings. The Hall–Kier alpha value is -1.97. The van der Waals surface area contributed by atoms with Gasteiger partial charge in [-0.25, -0.2) is 9.97 Å². The van der Waals surface area contributed by atoms with Gasteiger partial charge in [0.15, 0.2) is 0 Å². The number of benzene rings is 1. The van der Waals surface area contributed by atoms with E-state index in [1.54, 1.807) is 11.2 Å². The van der Waals surface area contributed by atoms with E-state index in [-0.39, 0.29) is 11.8 Å². The van der Waals surface area contributed by atoms with Crippen molar-refractivity contribution < 1.29 is 4.79 Å². The number of hydrogen-bond donors (Lipinski definition) is 0. The monoisotopic (exact) mass is 283 g/mol. The summed E-state index contributed by atoms with van der Waals surface area (Å²) in [6.45, 7) is 7.23. The minimum Gasteiger partial charge on any atom is -0.345 e. The summed E-state index contributed by atoms with van der Waals surface area (Å²) in [6, 6.07) is 2.14. The van der Waals surface area contributed by atoms with Crippen molar-refractivity contribution in [2.75, 3.05) is 13.6 Å². The van der Waals surface area contributed by atoms with Gasteiger partial charge in [-0.05, 0) is 49.4 Å². The fraction of sp³-hybridized carbons (Fsp3) is 0.471. The molecule has 4 heteroatoms. The predicted octanol–water partition coefficient (Wildman–Crippen LogP) is 2.75. The Bertz CT molecular complexity index is 724. The summed E-state index contributed by atoms with van der Waals surface area (Å²) in [4.78, 5) is 23.0. The van der Waals surface area contributed by atoms with Gasteiger partial charge in [-0.2, -0.15) is 0 Å². The van der Waals surface area contributed by atoms with Crippen LogP contribution >= 0.6 is 0 Å². The van der Waals surface area contributed by atoms with E-state index < -0.39 is 0 Å². The number of carbonyl (C=O) groups excluding carboxylic acids is 1. The molecule has 3 rings (SSSR count). The minimum atomic E-state index is -0.119. The van der Waals surface area contributed by atoms with Gasteiger partial charge >= 0.3 is 0 Å². The van der Waals surface area contributed by atoms with Crippen molar-refractivity contribution in [1.29, 1.82) is 0 Å². The van der Waals surface area contributed by atoms with E-state index in [0.29, 0.717) is 0 Å². The lowest BCUT2D eigenvalue weighted by Gasteiger charge is -2.16. The molecule has 21 heavy (non-hydrogen) atoms. The second kappa shape index (κ2) is 5.10. The van der Waals surface area contributed by atoms with E-state index in [9.17, 15) is 4.79 Å². The van der Waals surface area contributed by atoms with Crippen molar-refractivity contribution in [3.8, 4) is 0 Å². The fourth-order valence-corrected chi connectivity index (χ4v) is 3.32. The molecule has 2 heterocycles. The van der Waals surface area contributed by atoms with Crippen molar-refractivity contribution in [2.24, 2.45) is 0 Å². The molecule has 1 atom stereocenters. The molecule has 1 saturated heterocycles. The van der Waals surface area contributed by atoms with Crippen LogP contribution in [-0.2, 0) is 11.2 Å². The summed E-state index contributed by atoms with van der Waals surface area (Å²) in [5.74, 6) is 0.0534. The van der Waals surface area contributed by atoms with Crippen molar-refractivity contribution >= 4 is 16.8 Å². The number of aromatic nitrogens is 2. The number of aryl methyl sites for hydroxylation is 2. The van der Waals surface area contributed by atoms with E-state index >= 15 is 0 Å². The van der Waals surface area contributed by atoms with Gasteiger partial charge in [0.25, 0.3) is 0 Å². The number of fused-ring (bicyclic) bond motifs is 1. The molecular formula is C17H21N3O. The first-order valence-corrected chi connectivity index (χ1v) is 7.53. The highest BCUT2D eigenvalue weighted by atomic mass is 16.2. The molecule has 1 aliphatic heterocycles. The van der Waals surface area contributed by atoms with E-state index in [1.165, 1.54) is 16.7 Å². The van der Waals surface area contributed by atoms with Gasteiger partial charge in [0.05, 0.1) is 17.1 Å². The van der Waals surface area contributed by atoms with E-state index in [1.807, 2.05) is 7.05 Å². The predicted molar refractivity (Wildman–Crippen MR) is 83.4 cm³/mol. The molecule has 0 radical (unpaired) electrons. The Morgan fingerprint density at radius 2 is 2.05 bits per heavy atom. The highest BCUT2D eigenvalue weighted by Crippen LogP contribution is 2.34. The van der Waals surface area contributed by atoms with Gasteiger partial charge in [-0.1, -0.05) is 6.92 Å². The summed E-state index contributed by atoms with van der Waals surface area (Å²) < 4.78 is 0. The molecule has 2 aromatic rings. The summed E-state index contributed by atoms with van der Waals surface area (Å²) in [5, 5.41) is 1.07. The Labute approximate surface area is 125 Å². The van der Waals surface area contributed by atoms with Gasteiger partial charge in [0.1, 0.15) is 6.33 Å². The second-order valence-corrected chi connectivity index (χ2v) is 5.89. The topological polar surface area (TPSA) is 46.1 Å². The lowest BCUT2D eigenvalue weighted by atomic mass is 9.92. The number of likely N-dealkylation sites (tertiary alicyclic amines) is 1. The Morgan fingerprint density at radius 1 is 1.29 bits per heavy atom. The van der Waals surface area contributed by atoms with Gasteiger partial charge in [-0.15, -0.1) is 0 Å². The maximum atomic E-state index is 12.3. The molecule has 110 valence electrons. The lowest BCUT2D eigenvalue weighted by Crippen LogP contribution is -2.22. The SMILES string of the molecule is CCc1cc2ncnc(C3CCN(C)C3=O)c2c(C)c1C. The van der Waals surface area contributed by atoms with Crippen LogP contribution in [0.5, 0.6) is 0 Å². The molecule has 0 N–H and O–H groups in total. The molecule has 1 amide bonds. The van der Waals surface area contributed by atoms with Crippen molar-refractivity contribution in [3.05, 3.63) is 34.8 Å². The molecular weight excluding hydrogens is 262 g/mol. The van der Waals surface area contributed by atoms with Crippen LogP contribution in [0.25, 0.3) is 10.9 Å². The van der Waals surface area contributed by atoms with Crippen LogP contribution in [0.3, 0.4) is 0 Å². The van der Waals surface area contributed by atoms with Gasteiger partial charge in [-0.3, -0.25) is 4.79 Å². The van der Waals surface area contributed by atoms with Crippen LogP contribution in [0.2, 0.25) is 0 Å². The molecule has 0 aliphatic carbocycles. The zero-order chi connectivity index (χ0) is 15.1. The third-order valence-electron chi connectivity index (χ3n) is 4.77. The standard InChI is InChI=1S/C17H21N3O/c1-5-12-8-14-15(11(3)10(12)2)16(19-9-18-14)13-6-7-20(4)17(13)21/h8-9,13H,5-7H2,1-4H3. The van der Waals surface area contributed by atoms with Crippen LogP contribution in [0.4, 0.5) is 0 Å². The first kappa shape index (κ1) is 14.0. The molecule has 1 fully saturated rings. The van der Waals surface area contributed by atoms with Crippen molar-refractivity contribution in [2.45, 2.75) is 39.5 Å². The van der Waals surface area contributed by atoms with Crippen LogP contribution in [0, 0.1) is 13.8 Å². The van der Waals surface area contributed by atoms with Crippen LogP contribution in [0.1, 0.15) is 41.6 Å². The zero-order valence-electron chi connectivity index (χ0n) is 13.1. The number of carbonyl (C=O) groups is 1. The normalized spacial score (nSPS) is 18.8. The average Bonchev–Trinajstić information content (AvgIpc) is 2.82. The Morgan fingerprint density at radius 3 is 2.67 bits per heavy atom. The Balaban J connectivity index is 2.25. The number of hydrogen-bond acceptors (Lipinski definition) is 3. The molecule has 0 bridgehead atoms. The summed E-state index contributed by atoms with van der Waals surface area (Å²) in [7, 11) is 1.86. The lowest BCUT2D eigenvalue weighted by molar-refractivity contribution is -0.127. The third kappa shape index (κ3) is 2.09. The quantitative estimate of drug-likeness (QED) is 0.851. The second-order valence-electron chi connectivity index (χ2n) is 5.89. The highest BCUT2D eigenvalue weighted by molar-refractivity contribution is 5.93. The van der Waals surface area contributed by atoms with Crippen LogP contribution in [0.15, 0.2) is 12.4 Å². The minimum absolute atomic E-state index is 0.119. The summed E-state index contributed by atoms with van der Waals surface area (Å²) in [5.41, 5.74) is 5.68. The van der Waals surface area contributed by atoms with Gasteiger partial charge in [0.2, 0.25) is 5.91 Å². The fourth-order valence-electron chi connectivity index (χ4n) is 3.32.